The number of nitro groups is 2. The number of carbonyl (C=O) groups excluding carboxylic acids is 1. The molecule has 0 bridgehead atoms. The van der Waals surface area contributed by atoms with Gasteiger partial charge in [-0.05, 0) is 24.3 Å². The van der Waals surface area contributed by atoms with Crippen molar-refractivity contribution in [3.8, 4) is 0 Å². The topological polar surface area (TPSA) is 127 Å². The van der Waals surface area contributed by atoms with E-state index in [4.69, 9.17) is 0 Å². The molecule has 2 N–H and O–H groups in total. The number of hydrogen-bond donors (Lipinski definition) is 2. The average molecular weight is 438 g/mol. The fourth-order valence-electron chi connectivity index (χ4n) is 2.21. The van der Waals surface area contributed by atoms with Crippen molar-refractivity contribution in [1.82, 2.24) is 0 Å². The summed E-state index contributed by atoms with van der Waals surface area (Å²) in [7, 11) is 0. The second-order valence-electron chi connectivity index (χ2n) is 5.55. The first-order valence-corrected chi connectivity index (χ1v) is 7.49. The van der Waals surface area contributed by atoms with Crippen LogP contribution in [0.25, 0.3) is 0 Å². The number of benzene rings is 2. The maximum atomic E-state index is 12.7. The van der Waals surface area contributed by atoms with E-state index < -0.39 is 62.1 Å². The normalized spacial score (nSPS) is 11.7. The molecule has 30 heavy (non-hydrogen) atoms. The van der Waals surface area contributed by atoms with E-state index in [0.29, 0.717) is 24.3 Å². The molecule has 0 unspecified atom stereocenters. The van der Waals surface area contributed by atoms with Gasteiger partial charge in [0.05, 0.1) is 21.0 Å². The van der Waals surface area contributed by atoms with Crippen LogP contribution in [0.5, 0.6) is 0 Å². The van der Waals surface area contributed by atoms with Gasteiger partial charge in [-0.25, -0.2) is 4.79 Å². The fourth-order valence-corrected chi connectivity index (χ4v) is 2.21. The molecule has 0 atom stereocenters. The predicted octanol–water partition coefficient (Wildman–Crippen LogP) is 5.18. The first-order valence-electron chi connectivity index (χ1n) is 7.49. The first-order chi connectivity index (χ1) is 13.7. The Morgan fingerprint density at radius 3 is 1.33 bits per heavy atom. The van der Waals surface area contributed by atoms with Gasteiger partial charge in [0.25, 0.3) is 11.4 Å². The summed E-state index contributed by atoms with van der Waals surface area (Å²) in [6, 6.07) is 1.02. The monoisotopic (exact) mass is 438 g/mol. The Kier molecular flexibility index (Phi) is 5.85. The molecule has 2 aromatic carbocycles. The van der Waals surface area contributed by atoms with Gasteiger partial charge in [-0.15, -0.1) is 0 Å². The Hall–Kier alpha value is -3.91. The number of hydrogen-bond acceptors (Lipinski definition) is 5. The lowest BCUT2D eigenvalue weighted by Gasteiger charge is -2.12. The summed E-state index contributed by atoms with van der Waals surface area (Å²) >= 11 is 0. The highest BCUT2D eigenvalue weighted by Gasteiger charge is 2.34. The molecule has 2 aromatic rings. The quantitative estimate of drug-likeness (QED) is 0.386. The molecule has 15 heteroatoms. The Bertz CT molecular complexity index is 942. The van der Waals surface area contributed by atoms with E-state index in [9.17, 15) is 51.4 Å². The minimum atomic E-state index is -4.90. The summed E-state index contributed by atoms with van der Waals surface area (Å²) in [5.41, 5.74) is -6.33. The number of nitrogens with one attached hydrogen (secondary N) is 2. The number of nitro benzene ring substituents is 2. The molecule has 0 saturated heterocycles. The number of urea groups is 1. The zero-order valence-corrected chi connectivity index (χ0v) is 14.2. The third kappa shape index (κ3) is 5.12. The van der Waals surface area contributed by atoms with Crippen LogP contribution in [0, 0.1) is 20.2 Å². The van der Waals surface area contributed by atoms with Crippen LogP contribution in [-0.2, 0) is 12.4 Å². The summed E-state index contributed by atoms with van der Waals surface area (Å²) in [5.74, 6) is 0. The molecule has 0 spiro atoms. The van der Waals surface area contributed by atoms with Crippen molar-refractivity contribution in [2.24, 2.45) is 0 Å². The van der Waals surface area contributed by atoms with Gasteiger partial charge >= 0.3 is 18.4 Å². The predicted molar refractivity (Wildman–Crippen MR) is 88.8 cm³/mol. The van der Waals surface area contributed by atoms with E-state index in [-0.39, 0.29) is 12.1 Å². The van der Waals surface area contributed by atoms with Gasteiger partial charge in [0.15, 0.2) is 0 Å². The summed E-state index contributed by atoms with van der Waals surface area (Å²) in [6.07, 6.45) is -9.79. The molecule has 2 rings (SSSR count). The second kappa shape index (κ2) is 7.84. The van der Waals surface area contributed by atoms with Crippen molar-refractivity contribution in [3.63, 3.8) is 0 Å². The van der Waals surface area contributed by atoms with Crippen LogP contribution in [0.4, 0.5) is 53.9 Å². The lowest BCUT2D eigenvalue weighted by molar-refractivity contribution is -0.384. The van der Waals surface area contributed by atoms with Crippen LogP contribution in [-0.4, -0.2) is 15.9 Å². The van der Waals surface area contributed by atoms with E-state index in [1.54, 1.807) is 0 Å². The Balaban J connectivity index is 2.32. The van der Waals surface area contributed by atoms with Crippen molar-refractivity contribution in [2.75, 3.05) is 10.6 Å². The van der Waals surface area contributed by atoms with Gasteiger partial charge in [-0.3, -0.25) is 20.2 Å². The van der Waals surface area contributed by atoms with Crippen molar-refractivity contribution in [1.29, 1.82) is 0 Å². The van der Waals surface area contributed by atoms with Crippen LogP contribution >= 0.6 is 0 Å². The standard InChI is InChI=1S/C15H8F6N4O5/c16-14(17,18)7-1-3-9(11(5-7)24(27)28)22-13(26)23-10-4-2-8(15(19,20)21)6-12(10)25(29)30/h1-6H,(H2,22,23,26). The van der Waals surface area contributed by atoms with Crippen LogP contribution in [0.2, 0.25) is 0 Å². The summed E-state index contributed by atoms with van der Waals surface area (Å²) < 4.78 is 76.1. The maximum absolute atomic E-state index is 12.7. The van der Waals surface area contributed by atoms with Gasteiger partial charge < -0.3 is 10.6 Å². The summed E-state index contributed by atoms with van der Waals surface area (Å²) in [6.45, 7) is 0. The number of alkyl halides is 6. The Labute approximate surface area is 161 Å². The summed E-state index contributed by atoms with van der Waals surface area (Å²) in [4.78, 5) is 31.5. The number of rotatable bonds is 4. The van der Waals surface area contributed by atoms with Crippen molar-refractivity contribution < 1.29 is 41.0 Å². The van der Waals surface area contributed by atoms with E-state index in [1.165, 1.54) is 0 Å². The van der Waals surface area contributed by atoms with Gasteiger partial charge in [0, 0.05) is 12.1 Å². The highest BCUT2D eigenvalue weighted by molar-refractivity contribution is 6.02. The number of halogens is 6. The van der Waals surface area contributed by atoms with Gasteiger partial charge in [0.2, 0.25) is 0 Å². The number of nitrogens with zero attached hydrogens (tertiary/aromatic N) is 2. The van der Waals surface area contributed by atoms with Crippen LogP contribution in [0.1, 0.15) is 11.1 Å². The van der Waals surface area contributed by atoms with Gasteiger partial charge in [-0.1, -0.05) is 0 Å². The smallest absolute Gasteiger partial charge is 0.302 e. The SMILES string of the molecule is O=C(Nc1ccc(C(F)(F)F)cc1[N+](=O)[O-])Nc1ccc(C(F)(F)F)cc1[N+](=O)[O-]. The number of amides is 2. The molecule has 0 radical (unpaired) electrons. The fraction of sp³-hybridized carbons (Fsp3) is 0.133. The van der Waals surface area contributed by atoms with E-state index in [0.717, 1.165) is 0 Å². The highest BCUT2D eigenvalue weighted by Crippen LogP contribution is 2.36. The summed E-state index contributed by atoms with van der Waals surface area (Å²) in [5, 5.41) is 25.6. The lowest BCUT2D eigenvalue weighted by Crippen LogP contribution is -2.21. The molecule has 0 aliphatic heterocycles. The molecule has 160 valence electrons. The molecule has 0 saturated carbocycles. The number of carbonyl (C=O) groups is 1. The Morgan fingerprint density at radius 1 is 0.733 bits per heavy atom. The van der Waals surface area contributed by atoms with Crippen molar-refractivity contribution >= 4 is 28.8 Å². The molecule has 0 aromatic heterocycles. The van der Waals surface area contributed by atoms with E-state index in [2.05, 4.69) is 0 Å². The zero-order valence-electron chi connectivity index (χ0n) is 14.2. The largest absolute Gasteiger partial charge is 0.416 e. The van der Waals surface area contributed by atoms with E-state index in [1.807, 2.05) is 10.6 Å². The van der Waals surface area contributed by atoms with Crippen LogP contribution in [0.3, 0.4) is 0 Å². The van der Waals surface area contributed by atoms with E-state index >= 15 is 0 Å². The Morgan fingerprint density at radius 2 is 1.07 bits per heavy atom. The lowest BCUT2D eigenvalue weighted by atomic mass is 10.1. The molecule has 0 aliphatic carbocycles. The van der Waals surface area contributed by atoms with Crippen LogP contribution in [0.15, 0.2) is 36.4 Å². The maximum Gasteiger partial charge on any atom is 0.416 e. The minimum Gasteiger partial charge on any atom is -0.302 e. The zero-order chi connectivity index (χ0) is 22.9. The molecule has 9 nitrogen and oxygen atoms in total. The number of anilines is 2. The van der Waals surface area contributed by atoms with Gasteiger partial charge in [-0.2, -0.15) is 26.3 Å². The van der Waals surface area contributed by atoms with Crippen molar-refractivity contribution in [2.45, 2.75) is 12.4 Å². The molecular formula is C15H8F6N4O5. The van der Waals surface area contributed by atoms with Crippen molar-refractivity contribution in [3.05, 3.63) is 67.8 Å². The molecular weight excluding hydrogens is 430 g/mol. The third-order valence-corrected chi connectivity index (χ3v) is 3.54. The molecule has 0 heterocycles. The molecule has 2 amide bonds. The minimum absolute atomic E-state index is 0.163. The van der Waals surface area contributed by atoms with Gasteiger partial charge in [0.1, 0.15) is 11.4 Å². The second-order valence-corrected chi connectivity index (χ2v) is 5.55. The van der Waals surface area contributed by atoms with Crippen LogP contribution < -0.4 is 10.6 Å². The first kappa shape index (κ1) is 22.4. The molecule has 0 fully saturated rings. The molecule has 0 aliphatic rings. The third-order valence-electron chi connectivity index (χ3n) is 3.54. The average Bonchev–Trinajstić information content (AvgIpc) is 2.59. The highest BCUT2D eigenvalue weighted by atomic mass is 19.4.